The molecule has 0 spiro atoms. The summed E-state index contributed by atoms with van der Waals surface area (Å²) >= 11 is 0. The molecule has 2 N–H and O–H groups in total. The van der Waals surface area contributed by atoms with E-state index in [9.17, 15) is 9.59 Å². The van der Waals surface area contributed by atoms with Gasteiger partial charge in [-0.2, -0.15) is 0 Å². The maximum Gasteiger partial charge on any atom is 0.348 e. The van der Waals surface area contributed by atoms with Gasteiger partial charge in [0.15, 0.2) is 0 Å². The zero-order chi connectivity index (χ0) is 11.5. The standard InChI is InChI=1S/C10H7N3O3/c1-2-16-8-5-3-7(4-6-8)13-9(14)11-12-10(13)15/h1,3-6H,(H,11,14)(H,12,15). The molecule has 80 valence electrons. The Kier molecular flexibility index (Phi) is 2.36. The first kappa shape index (κ1) is 9.86. The van der Waals surface area contributed by atoms with Crippen molar-refractivity contribution in [2.75, 3.05) is 0 Å². The summed E-state index contributed by atoms with van der Waals surface area (Å²) in [6.07, 6.45) is 6.97. The van der Waals surface area contributed by atoms with E-state index in [4.69, 9.17) is 11.2 Å². The lowest BCUT2D eigenvalue weighted by molar-refractivity contribution is 0.520. The molecule has 0 saturated heterocycles. The minimum absolute atomic E-state index is 0.428. The van der Waals surface area contributed by atoms with Gasteiger partial charge in [0.2, 0.25) is 0 Å². The monoisotopic (exact) mass is 217 g/mol. The maximum atomic E-state index is 11.3. The minimum atomic E-state index is -0.532. The highest BCUT2D eigenvalue weighted by Gasteiger charge is 2.05. The fraction of sp³-hybridized carbons (Fsp3) is 0. The number of benzene rings is 1. The SMILES string of the molecule is C#COc1ccc(-n2c(=O)[nH][nH]c2=O)cc1. The van der Waals surface area contributed by atoms with E-state index in [1.165, 1.54) is 0 Å². The van der Waals surface area contributed by atoms with E-state index in [0.717, 1.165) is 4.57 Å². The highest BCUT2D eigenvalue weighted by atomic mass is 16.5. The van der Waals surface area contributed by atoms with Gasteiger partial charge in [-0.25, -0.2) is 24.4 Å². The molecule has 1 aromatic heterocycles. The normalized spacial score (nSPS) is 9.69. The summed E-state index contributed by atoms with van der Waals surface area (Å²) in [5.41, 5.74) is -0.636. The van der Waals surface area contributed by atoms with Crippen molar-refractivity contribution in [2.45, 2.75) is 0 Å². The largest absolute Gasteiger partial charge is 0.408 e. The average molecular weight is 217 g/mol. The Bertz CT molecular complexity index is 612. The highest BCUT2D eigenvalue weighted by Crippen LogP contribution is 2.12. The molecule has 1 aromatic carbocycles. The fourth-order valence-electron chi connectivity index (χ4n) is 1.28. The summed E-state index contributed by atoms with van der Waals surface area (Å²) in [5, 5.41) is 4.36. The smallest absolute Gasteiger partial charge is 0.348 e. The first-order chi connectivity index (χ1) is 7.72. The van der Waals surface area contributed by atoms with Crippen LogP contribution in [0.1, 0.15) is 0 Å². The molecular formula is C10H7N3O3. The Morgan fingerprint density at radius 1 is 1.12 bits per heavy atom. The lowest BCUT2D eigenvalue weighted by atomic mass is 10.3. The molecule has 0 aliphatic rings. The first-order valence-corrected chi connectivity index (χ1v) is 4.35. The Labute approximate surface area is 89.5 Å². The Morgan fingerprint density at radius 2 is 1.69 bits per heavy atom. The average Bonchev–Trinajstić information content (AvgIpc) is 2.61. The summed E-state index contributed by atoms with van der Waals surface area (Å²) in [6, 6.07) is 6.23. The number of rotatable bonds is 2. The van der Waals surface area contributed by atoms with Crippen molar-refractivity contribution in [1.29, 1.82) is 0 Å². The van der Waals surface area contributed by atoms with Gasteiger partial charge in [0.1, 0.15) is 11.9 Å². The molecule has 0 unspecified atom stereocenters. The van der Waals surface area contributed by atoms with E-state index in [0.29, 0.717) is 11.4 Å². The van der Waals surface area contributed by atoms with Gasteiger partial charge in [0, 0.05) is 0 Å². The summed E-state index contributed by atoms with van der Waals surface area (Å²) in [6.45, 7) is 0. The van der Waals surface area contributed by atoms with E-state index >= 15 is 0 Å². The van der Waals surface area contributed by atoms with Gasteiger partial charge in [0.25, 0.3) is 0 Å². The topological polar surface area (TPSA) is 79.9 Å². The van der Waals surface area contributed by atoms with Crippen LogP contribution >= 0.6 is 0 Å². The second-order valence-corrected chi connectivity index (χ2v) is 2.91. The Morgan fingerprint density at radius 3 is 2.19 bits per heavy atom. The summed E-state index contributed by atoms with van der Waals surface area (Å²) in [5.74, 6) is 0.464. The van der Waals surface area contributed by atoms with Crippen LogP contribution in [0.5, 0.6) is 5.75 Å². The number of aromatic nitrogens is 3. The number of terminal acetylenes is 1. The molecule has 0 amide bonds. The number of ether oxygens (including phenoxy) is 1. The van der Waals surface area contributed by atoms with Crippen LogP contribution in [0.3, 0.4) is 0 Å². The third-order valence-corrected chi connectivity index (χ3v) is 1.95. The van der Waals surface area contributed by atoms with Gasteiger partial charge >= 0.3 is 11.4 Å². The molecule has 0 atom stereocenters. The molecule has 6 heteroatoms. The summed E-state index contributed by atoms with van der Waals surface area (Å²) < 4.78 is 5.74. The highest BCUT2D eigenvalue weighted by molar-refractivity contribution is 5.37. The van der Waals surface area contributed by atoms with E-state index in [2.05, 4.69) is 10.2 Å². The molecule has 6 nitrogen and oxygen atoms in total. The van der Waals surface area contributed by atoms with Gasteiger partial charge in [-0.05, 0) is 24.3 Å². The van der Waals surface area contributed by atoms with Crippen molar-refractivity contribution >= 4 is 0 Å². The Hall–Kier alpha value is -2.68. The molecule has 2 rings (SSSR count). The molecule has 0 bridgehead atoms. The lowest BCUT2D eigenvalue weighted by Gasteiger charge is -2.00. The molecule has 0 saturated carbocycles. The maximum absolute atomic E-state index is 11.3. The zero-order valence-corrected chi connectivity index (χ0v) is 8.06. The molecule has 1 heterocycles. The van der Waals surface area contributed by atoms with Gasteiger partial charge in [-0.3, -0.25) is 0 Å². The molecule has 16 heavy (non-hydrogen) atoms. The molecular weight excluding hydrogens is 210 g/mol. The number of H-pyrrole nitrogens is 2. The zero-order valence-electron chi connectivity index (χ0n) is 8.06. The van der Waals surface area contributed by atoms with Crippen molar-refractivity contribution in [3.8, 4) is 24.0 Å². The summed E-state index contributed by atoms with van der Waals surface area (Å²) in [4.78, 5) is 22.5. The fourth-order valence-corrected chi connectivity index (χ4v) is 1.28. The van der Waals surface area contributed by atoms with E-state index < -0.39 is 11.4 Å². The third kappa shape index (κ3) is 1.62. The van der Waals surface area contributed by atoms with Crippen molar-refractivity contribution in [3.05, 3.63) is 45.2 Å². The van der Waals surface area contributed by atoms with Gasteiger partial charge in [0.05, 0.1) is 5.69 Å². The van der Waals surface area contributed by atoms with Crippen LogP contribution in [0.15, 0.2) is 33.9 Å². The van der Waals surface area contributed by atoms with Crippen molar-refractivity contribution in [3.63, 3.8) is 0 Å². The number of nitrogens with zero attached hydrogens (tertiary/aromatic N) is 1. The second-order valence-electron chi connectivity index (χ2n) is 2.91. The van der Waals surface area contributed by atoms with Gasteiger partial charge < -0.3 is 4.74 Å². The summed E-state index contributed by atoms with van der Waals surface area (Å²) in [7, 11) is 0. The number of hydrogen-bond donors (Lipinski definition) is 2. The predicted octanol–water partition coefficient (Wildman–Crippen LogP) is -0.177. The molecule has 0 aliphatic carbocycles. The second kappa shape index (κ2) is 3.82. The quantitative estimate of drug-likeness (QED) is 0.685. The Balaban J connectivity index is 2.47. The van der Waals surface area contributed by atoms with Crippen molar-refractivity contribution < 1.29 is 4.74 Å². The lowest BCUT2D eigenvalue weighted by Crippen LogP contribution is -2.24. The van der Waals surface area contributed by atoms with Gasteiger partial charge in [-0.1, -0.05) is 6.42 Å². The molecule has 0 radical (unpaired) electrons. The number of aromatic amines is 2. The van der Waals surface area contributed by atoms with E-state index in [-0.39, 0.29) is 0 Å². The molecule has 0 fully saturated rings. The number of nitrogens with one attached hydrogen (secondary N) is 2. The van der Waals surface area contributed by atoms with Crippen molar-refractivity contribution in [2.24, 2.45) is 0 Å². The molecule has 2 aromatic rings. The first-order valence-electron chi connectivity index (χ1n) is 4.35. The van der Waals surface area contributed by atoms with Gasteiger partial charge in [-0.15, -0.1) is 0 Å². The minimum Gasteiger partial charge on any atom is -0.408 e. The third-order valence-electron chi connectivity index (χ3n) is 1.95. The van der Waals surface area contributed by atoms with E-state index in [1.807, 2.05) is 6.11 Å². The van der Waals surface area contributed by atoms with Crippen LogP contribution in [0.25, 0.3) is 5.69 Å². The van der Waals surface area contributed by atoms with Crippen LogP contribution in [0.2, 0.25) is 0 Å². The van der Waals surface area contributed by atoms with Crippen LogP contribution in [0, 0.1) is 12.5 Å². The van der Waals surface area contributed by atoms with Crippen LogP contribution in [0.4, 0.5) is 0 Å². The van der Waals surface area contributed by atoms with Crippen molar-refractivity contribution in [1.82, 2.24) is 14.8 Å². The van der Waals surface area contributed by atoms with Crippen LogP contribution in [-0.2, 0) is 0 Å². The predicted molar refractivity (Wildman–Crippen MR) is 56.5 cm³/mol. The van der Waals surface area contributed by atoms with E-state index in [1.54, 1.807) is 24.3 Å². The number of hydrogen-bond acceptors (Lipinski definition) is 3. The van der Waals surface area contributed by atoms with Crippen LogP contribution < -0.4 is 16.1 Å². The molecule has 0 aliphatic heterocycles. The van der Waals surface area contributed by atoms with Crippen LogP contribution in [-0.4, -0.2) is 14.8 Å².